The number of carbonyl (C=O) groups excluding carboxylic acids is 2. The Balaban J connectivity index is 3.74. The van der Waals surface area contributed by atoms with Gasteiger partial charge in [0.1, 0.15) is 6.29 Å². The first-order valence-electron chi connectivity index (χ1n) is 6.06. The van der Waals surface area contributed by atoms with E-state index in [9.17, 15) is 14.4 Å². The van der Waals surface area contributed by atoms with Crippen molar-refractivity contribution in [3.05, 3.63) is 0 Å². The summed E-state index contributed by atoms with van der Waals surface area (Å²) >= 11 is 0. The molecule has 2 N–H and O–H groups in total. The fraction of sp³-hybridized carbons (Fsp3) is 0.750. The maximum Gasteiger partial charge on any atom is 0.303 e. The van der Waals surface area contributed by atoms with Gasteiger partial charge in [-0.2, -0.15) is 0 Å². The Bertz CT molecular complexity index is 253. The Morgan fingerprint density at radius 2 is 1.94 bits per heavy atom. The molecular weight excluding hydrogens is 222 g/mol. The zero-order chi connectivity index (χ0) is 13.1. The molecule has 1 amide bonds. The first-order valence-corrected chi connectivity index (χ1v) is 6.06. The van der Waals surface area contributed by atoms with Crippen molar-refractivity contribution in [3.63, 3.8) is 0 Å². The molecule has 0 fully saturated rings. The van der Waals surface area contributed by atoms with E-state index in [1.54, 1.807) is 0 Å². The monoisotopic (exact) mass is 243 g/mol. The van der Waals surface area contributed by atoms with Gasteiger partial charge >= 0.3 is 5.97 Å². The first kappa shape index (κ1) is 15.6. The van der Waals surface area contributed by atoms with Gasteiger partial charge in [0.25, 0.3) is 0 Å². The van der Waals surface area contributed by atoms with Crippen molar-refractivity contribution < 1.29 is 19.5 Å². The summed E-state index contributed by atoms with van der Waals surface area (Å²) in [5.74, 6) is -1.14. The van der Waals surface area contributed by atoms with E-state index in [1.807, 2.05) is 0 Å². The molecule has 0 saturated heterocycles. The largest absolute Gasteiger partial charge is 0.481 e. The number of nitrogens with one attached hydrogen (secondary N) is 1. The second-order valence-corrected chi connectivity index (χ2v) is 4.05. The van der Waals surface area contributed by atoms with Gasteiger partial charge in [0.05, 0.1) is 6.04 Å². The van der Waals surface area contributed by atoms with Crippen LogP contribution in [0.1, 0.15) is 51.9 Å². The van der Waals surface area contributed by atoms with Crippen molar-refractivity contribution in [1.29, 1.82) is 0 Å². The van der Waals surface area contributed by atoms with E-state index in [0.717, 1.165) is 25.7 Å². The highest BCUT2D eigenvalue weighted by atomic mass is 16.4. The highest BCUT2D eigenvalue weighted by molar-refractivity contribution is 5.79. The molecule has 0 rings (SSSR count). The van der Waals surface area contributed by atoms with E-state index in [2.05, 4.69) is 12.2 Å². The van der Waals surface area contributed by atoms with E-state index in [0.29, 0.717) is 12.7 Å². The van der Waals surface area contributed by atoms with E-state index < -0.39 is 12.0 Å². The van der Waals surface area contributed by atoms with Gasteiger partial charge in [-0.15, -0.1) is 0 Å². The third kappa shape index (κ3) is 9.53. The molecule has 0 aromatic rings. The quantitative estimate of drug-likeness (QED) is 0.450. The van der Waals surface area contributed by atoms with Crippen molar-refractivity contribution in [2.45, 2.75) is 57.9 Å². The smallest absolute Gasteiger partial charge is 0.303 e. The second kappa shape index (κ2) is 9.81. The number of carboxylic acids is 1. The predicted molar refractivity (Wildman–Crippen MR) is 63.6 cm³/mol. The molecule has 17 heavy (non-hydrogen) atoms. The number of hydrogen-bond acceptors (Lipinski definition) is 3. The molecule has 0 spiro atoms. The standard InChI is InChI=1S/C12H21NO4/c1-2-3-4-5-6-11(15)13-10(9-14)7-8-12(16)17/h9-10H,2-8H2,1H3,(H,13,15)(H,16,17)/t10-/m0/s1. The number of unbranched alkanes of at least 4 members (excludes halogenated alkanes) is 3. The van der Waals surface area contributed by atoms with Gasteiger partial charge in [0, 0.05) is 12.8 Å². The molecule has 0 aliphatic heterocycles. The summed E-state index contributed by atoms with van der Waals surface area (Å²) < 4.78 is 0. The molecule has 0 saturated carbocycles. The minimum Gasteiger partial charge on any atom is -0.481 e. The average molecular weight is 243 g/mol. The summed E-state index contributed by atoms with van der Waals surface area (Å²) in [5.41, 5.74) is 0. The maximum atomic E-state index is 11.4. The number of carboxylic acid groups (broad SMARTS) is 1. The Kier molecular flexibility index (Phi) is 9.01. The molecule has 0 unspecified atom stereocenters. The third-order valence-electron chi connectivity index (χ3n) is 2.44. The molecule has 0 aromatic carbocycles. The lowest BCUT2D eigenvalue weighted by atomic mass is 10.1. The summed E-state index contributed by atoms with van der Waals surface area (Å²) in [6.45, 7) is 2.09. The van der Waals surface area contributed by atoms with E-state index in [1.165, 1.54) is 0 Å². The summed E-state index contributed by atoms with van der Waals surface area (Å²) in [7, 11) is 0. The lowest BCUT2D eigenvalue weighted by molar-refractivity contribution is -0.137. The molecule has 0 aliphatic carbocycles. The van der Waals surface area contributed by atoms with Gasteiger partial charge in [-0.1, -0.05) is 26.2 Å². The van der Waals surface area contributed by atoms with Crippen molar-refractivity contribution in [1.82, 2.24) is 5.32 Å². The Labute approximate surface area is 102 Å². The summed E-state index contributed by atoms with van der Waals surface area (Å²) in [6.07, 6.45) is 5.05. The van der Waals surface area contributed by atoms with Gasteiger partial charge in [-0.05, 0) is 12.8 Å². The second-order valence-electron chi connectivity index (χ2n) is 4.05. The molecule has 0 radical (unpaired) electrons. The van der Waals surface area contributed by atoms with Gasteiger partial charge in [-0.3, -0.25) is 9.59 Å². The molecular formula is C12H21NO4. The Hall–Kier alpha value is -1.39. The van der Waals surface area contributed by atoms with Gasteiger partial charge in [-0.25, -0.2) is 0 Å². The number of rotatable bonds is 10. The number of carbonyl (C=O) groups is 3. The minimum atomic E-state index is -0.964. The molecule has 98 valence electrons. The van der Waals surface area contributed by atoms with Crippen LogP contribution >= 0.6 is 0 Å². The van der Waals surface area contributed by atoms with Crippen LogP contribution in [0.15, 0.2) is 0 Å². The van der Waals surface area contributed by atoms with Crippen LogP contribution in [0, 0.1) is 0 Å². The molecule has 0 aliphatic rings. The number of aliphatic carboxylic acids is 1. The van der Waals surface area contributed by atoms with E-state index in [4.69, 9.17) is 5.11 Å². The van der Waals surface area contributed by atoms with Crippen molar-refractivity contribution >= 4 is 18.2 Å². The third-order valence-corrected chi connectivity index (χ3v) is 2.44. The average Bonchev–Trinajstić information content (AvgIpc) is 2.30. The number of aldehydes is 1. The Morgan fingerprint density at radius 3 is 2.47 bits per heavy atom. The molecule has 5 heteroatoms. The van der Waals surface area contributed by atoms with Crippen LogP contribution in [-0.2, 0) is 14.4 Å². The van der Waals surface area contributed by atoms with Crippen molar-refractivity contribution in [2.24, 2.45) is 0 Å². The SMILES string of the molecule is CCCCCCC(=O)N[C@H](C=O)CCC(=O)O. The van der Waals surface area contributed by atoms with Crippen LogP contribution in [0.5, 0.6) is 0 Å². The zero-order valence-electron chi connectivity index (χ0n) is 10.3. The fourth-order valence-electron chi connectivity index (χ4n) is 1.44. The summed E-state index contributed by atoms with van der Waals surface area (Å²) in [6, 6.07) is -0.676. The van der Waals surface area contributed by atoms with Crippen molar-refractivity contribution in [2.75, 3.05) is 0 Å². The normalized spacial score (nSPS) is 11.8. The van der Waals surface area contributed by atoms with Gasteiger partial charge in [0.15, 0.2) is 0 Å². The highest BCUT2D eigenvalue weighted by Crippen LogP contribution is 2.03. The molecule has 0 heterocycles. The van der Waals surface area contributed by atoms with Crippen LogP contribution in [0.4, 0.5) is 0 Å². The lowest BCUT2D eigenvalue weighted by Gasteiger charge is -2.11. The van der Waals surface area contributed by atoms with Crippen LogP contribution < -0.4 is 5.32 Å². The van der Waals surface area contributed by atoms with Gasteiger partial charge in [0.2, 0.25) is 5.91 Å². The first-order chi connectivity index (χ1) is 8.10. The van der Waals surface area contributed by atoms with Crippen molar-refractivity contribution in [3.8, 4) is 0 Å². The van der Waals surface area contributed by atoms with Crippen LogP contribution in [0.25, 0.3) is 0 Å². The van der Waals surface area contributed by atoms with Crippen LogP contribution in [0.3, 0.4) is 0 Å². The maximum absolute atomic E-state index is 11.4. The molecule has 0 aromatic heterocycles. The topological polar surface area (TPSA) is 83.5 Å². The fourth-order valence-corrected chi connectivity index (χ4v) is 1.44. The van der Waals surface area contributed by atoms with Crippen LogP contribution in [-0.4, -0.2) is 29.3 Å². The van der Waals surface area contributed by atoms with Gasteiger partial charge < -0.3 is 15.2 Å². The summed E-state index contributed by atoms with van der Waals surface area (Å²) in [4.78, 5) is 32.3. The minimum absolute atomic E-state index is 0.112. The molecule has 5 nitrogen and oxygen atoms in total. The number of amides is 1. The number of hydrogen-bond donors (Lipinski definition) is 2. The zero-order valence-corrected chi connectivity index (χ0v) is 10.3. The Morgan fingerprint density at radius 1 is 1.24 bits per heavy atom. The molecule has 0 bridgehead atoms. The van der Waals surface area contributed by atoms with Crippen LogP contribution in [0.2, 0.25) is 0 Å². The lowest BCUT2D eigenvalue weighted by Crippen LogP contribution is -2.36. The summed E-state index contributed by atoms with van der Waals surface area (Å²) in [5, 5.41) is 11.0. The highest BCUT2D eigenvalue weighted by Gasteiger charge is 2.12. The predicted octanol–water partition coefficient (Wildman–Crippen LogP) is 1.51. The van der Waals surface area contributed by atoms with E-state index in [-0.39, 0.29) is 18.7 Å². The molecule has 1 atom stereocenters. The van der Waals surface area contributed by atoms with E-state index >= 15 is 0 Å².